The first-order valence-electron chi connectivity index (χ1n) is 11.3. The van der Waals surface area contributed by atoms with Gasteiger partial charge in [-0.2, -0.15) is 0 Å². The van der Waals surface area contributed by atoms with E-state index in [1.165, 1.54) is 5.56 Å². The maximum absolute atomic E-state index is 13.6. The fourth-order valence-electron chi connectivity index (χ4n) is 4.43. The van der Waals surface area contributed by atoms with Crippen LogP contribution in [0.4, 0.5) is 11.4 Å². The molecule has 1 atom stereocenters. The zero-order valence-corrected chi connectivity index (χ0v) is 18.7. The number of hydrogen-bond donors (Lipinski definition) is 0. The molecule has 5 rings (SSSR count). The summed E-state index contributed by atoms with van der Waals surface area (Å²) in [4.78, 5) is 17.8. The second kappa shape index (κ2) is 9.28. The number of aromatic nitrogens is 3. The van der Waals surface area contributed by atoms with Gasteiger partial charge >= 0.3 is 0 Å². The van der Waals surface area contributed by atoms with Gasteiger partial charge in [-0.1, -0.05) is 84.9 Å². The van der Waals surface area contributed by atoms with Crippen molar-refractivity contribution in [3.05, 3.63) is 108 Å². The molecule has 1 aliphatic heterocycles. The molecule has 6 heteroatoms. The number of amides is 1. The van der Waals surface area contributed by atoms with Gasteiger partial charge in [-0.05, 0) is 29.2 Å². The van der Waals surface area contributed by atoms with Crippen molar-refractivity contribution in [1.82, 2.24) is 15.0 Å². The number of fused-ring (bicyclic) bond motifs is 1. The highest BCUT2D eigenvalue weighted by Gasteiger charge is 2.30. The van der Waals surface area contributed by atoms with Crippen LogP contribution in [0.15, 0.2) is 91.1 Å². The van der Waals surface area contributed by atoms with E-state index in [1.807, 2.05) is 59.5 Å². The third-order valence-corrected chi connectivity index (χ3v) is 5.95. The molecule has 1 unspecified atom stereocenters. The molecule has 166 valence electrons. The summed E-state index contributed by atoms with van der Waals surface area (Å²) in [6.07, 6.45) is 1.75. The van der Waals surface area contributed by atoms with Gasteiger partial charge in [-0.3, -0.25) is 4.79 Å². The van der Waals surface area contributed by atoms with Gasteiger partial charge in [0.1, 0.15) is 0 Å². The molecule has 1 amide bonds. The average molecular weight is 438 g/mol. The Bertz CT molecular complexity index is 1220. The average Bonchev–Trinajstić information content (AvgIpc) is 3.26. The van der Waals surface area contributed by atoms with Gasteiger partial charge in [0.15, 0.2) is 5.69 Å². The van der Waals surface area contributed by atoms with Gasteiger partial charge in [0.2, 0.25) is 0 Å². The number of nitrogens with zero attached hydrogens (tertiary/aromatic N) is 5. The Balaban J connectivity index is 1.42. The van der Waals surface area contributed by atoms with Crippen molar-refractivity contribution in [2.45, 2.75) is 20.0 Å². The molecule has 0 saturated heterocycles. The number of anilines is 2. The fraction of sp³-hybridized carbons (Fsp3) is 0.222. The predicted molar refractivity (Wildman–Crippen MR) is 130 cm³/mol. The van der Waals surface area contributed by atoms with E-state index < -0.39 is 0 Å². The third kappa shape index (κ3) is 4.65. The van der Waals surface area contributed by atoms with Gasteiger partial charge in [0.05, 0.1) is 24.1 Å². The Morgan fingerprint density at radius 3 is 2.12 bits per heavy atom. The molecule has 1 aromatic heterocycles. The summed E-state index contributed by atoms with van der Waals surface area (Å²) in [7, 11) is 0. The van der Waals surface area contributed by atoms with Crippen LogP contribution in [0.3, 0.4) is 0 Å². The van der Waals surface area contributed by atoms with E-state index in [9.17, 15) is 4.79 Å². The first-order valence-corrected chi connectivity index (χ1v) is 11.3. The lowest BCUT2D eigenvalue weighted by Gasteiger charge is -2.26. The number of benzene rings is 3. The van der Waals surface area contributed by atoms with Gasteiger partial charge < -0.3 is 9.80 Å². The summed E-state index contributed by atoms with van der Waals surface area (Å²) < 4.78 is 1.72. The Labute approximate surface area is 194 Å². The van der Waals surface area contributed by atoms with Gasteiger partial charge in [0, 0.05) is 19.6 Å². The summed E-state index contributed by atoms with van der Waals surface area (Å²) in [5.41, 5.74) is 4.72. The minimum Gasteiger partial charge on any atom is -0.365 e. The maximum atomic E-state index is 13.6. The molecule has 0 radical (unpaired) electrons. The van der Waals surface area contributed by atoms with E-state index in [0.717, 1.165) is 30.0 Å². The van der Waals surface area contributed by atoms with Crippen molar-refractivity contribution in [3.63, 3.8) is 0 Å². The van der Waals surface area contributed by atoms with Crippen molar-refractivity contribution in [2.75, 3.05) is 22.9 Å². The predicted octanol–water partition coefficient (Wildman–Crippen LogP) is 4.63. The summed E-state index contributed by atoms with van der Waals surface area (Å²) >= 11 is 0. The van der Waals surface area contributed by atoms with E-state index in [2.05, 4.69) is 52.5 Å². The molecule has 4 aromatic rings. The third-order valence-electron chi connectivity index (χ3n) is 5.95. The molecule has 3 aromatic carbocycles. The second-order valence-electron chi connectivity index (χ2n) is 8.66. The lowest BCUT2D eigenvalue weighted by molar-refractivity contribution is 0.0979. The topological polar surface area (TPSA) is 54.3 Å². The summed E-state index contributed by atoms with van der Waals surface area (Å²) in [6.45, 7) is 5.08. The fourth-order valence-corrected chi connectivity index (χ4v) is 4.43. The molecule has 0 spiro atoms. The second-order valence-corrected chi connectivity index (χ2v) is 8.66. The van der Waals surface area contributed by atoms with E-state index >= 15 is 0 Å². The monoisotopic (exact) mass is 437 g/mol. The lowest BCUT2D eigenvalue weighted by atomic mass is 10.1. The normalized spacial score (nSPS) is 15.7. The van der Waals surface area contributed by atoms with Crippen LogP contribution < -0.4 is 9.80 Å². The van der Waals surface area contributed by atoms with Crippen LogP contribution in [0.5, 0.6) is 0 Å². The van der Waals surface area contributed by atoms with Gasteiger partial charge in [-0.25, -0.2) is 4.68 Å². The van der Waals surface area contributed by atoms with E-state index in [4.69, 9.17) is 0 Å². The van der Waals surface area contributed by atoms with Crippen LogP contribution in [0.2, 0.25) is 0 Å². The van der Waals surface area contributed by atoms with E-state index in [1.54, 1.807) is 10.9 Å². The molecule has 0 fully saturated rings. The molecular formula is C27H27N5O. The van der Waals surface area contributed by atoms with Crippen LogP contribution in [-0.2, 0) is 13.1 Å². The first-order chi connectivity index (χ1) is 16.2. The van der Waals surface area contributed by atoms with Crippen molar-refractivity contribution >= 4 is 17.3 Å². The molecule has 0 saturated carbocycles. The minimum absolute atomic E-state index is 0.116. The lowest BCUT2D eigenvalue weighted by Crippen LogP contribution is -2.35. The van der Waals surface area contributed by atoms with Gasteiger partial charge in [0.25, 0.3) is 5.91 Å². The molecule has 6 nitrogen and oxygen atoms in total. The maximum Gasteiger partial charge on any atom is 0.280 e. The molecule has 0 aliphatic carbocycles. The summed E-state index contributed by atoms with van der Waals surface area (Å²) in [5, 5.41) is 8.42. The number of para-hydroxylation sites is 2. The van der Waals surface area contributed by atoms with E-state index in [0.29, 0.717) is 24.7 Å². The number of hydrogen-bond acceptors (Lipinski definition) is 4. The Kier molecular flexibility index (Phi) is 5.89. The van der Waals surface area contributed by atoms with E-state index in [-0.39, 0.29) is 5.91 Å². The van der Waals surface area contributed by atoms with Crippen LogP contribution in [0, 0.1) is 5.92 Å². The number of rotatable bonds is 5. The minimum atomic E-state index is -0.116. The van der Waals surface area contributed by atoms with Crippen molar-refractivity contribution in [2.24, 2.45) is 5.92 Å². The highest BCUT2D eigenvalue weighted by atomic mass is 16.2. The zero-order chi connectivity index (χ0) is 22.6. The standard InChI is InChI=1S/C27H27N5O/c1-21-16-30(18-22-10-4-2-5-11-22)25-14-8-9-15-26(25)32(17-21)27(33)24-20-31(29-28-24)19-23-12-6-3-7-13-23/h2-15,20-21H,16-19H2,1H3. The SMILES string of the molecule is CC1CN(Cc2ccccc2)c2ccccc2N(C(=O)c2cn(Cc3ccccc3)nn2)C1. The van der Waals surface area contributed by atoms with Crippen molar-refractivity contribution in [1.29, 1.82) is 0 Å². The van der Waals surface area contributed by atoms with Crippen LogP contribution in [-0.4, -0.2) is 34.0 Å². The first kappa shape index (κ1) is 20.9. The molecule has 1 aliphatic rings. The van der Waals surface area contributed by atoms with Crippen LogP contribution >= 0.6 is 0 Å². The Morgan fingerprint density at radius 1 is 0.818 bits per heavy atom. The van der Waals surface area contributed by atoms with Crippen molar-refractivity contribution in [3.8, 4) is 0 Å². The van der Waals surface area contributed by atoms with Crippen LogP contribution in [0.1, 0.15) is 28.5 Å². The van der Waals surface area contributed by atoms with Gasteiger partial charge in [-0.15, -0.1) is 5.10 Å². The largest absolute Gasteiger partial charge is 0.365 e. The Morgan fingerprint density at radius 2 is 1.42 bits per heavy atom. The molecule has 2 heterocycles. The molecule has 0 N–H and O–H groups in total. The zero-order valence-electron chi connectivity index (χ0n) is 18.7. The Hall–Kier alpha value is -3.93. The number of carbonyl (C=O) groups is 1. The van der Waals surface area contributed by atoms with Crippen molar-refractivity contribution < 1.29 is 4.79 Å². The highest BCUT2D eigenvalue weighted by Crippen LogP contribution is 2.35. The summed E-state index contributed by atoms with van der Waals surface area (Å²) in [6, 6.07) is 28.7. The highest BCUT2D eigenvalue weighted by molar-refractivity contribution is 6.06. The smallest absolute Gasteiger partial charge is 0.280 e. The number of carbonyl (C=O) groups excluding carboxylic acids is 1. The molecular weight excluding hydrogens is 410 g/mol. The quantitative estimate of drug-likeness (QED) is 0.457. The molecule has 33 heavy (non-hydrogen) atoms. The van der Waals surface area contributed by atoms with Crippen LogP contribution in [0.25, 0.3) is 0 Å². The molecule has 0 bridgehead atoms. The summed E-state index contributed by atoms with van der Waals surface area (Å²) in [5.74, 6) is 0.180.